The number of likely N-dealkylation sites (tertiary alicyclic amines) is 1. The van der Waals surface area contributed by atoms with Crippen LogP contribution >= 0.6 is 15.9 Å². The molecule has 1 saturated heterocycles. The smallest absolute Gasteiger partial charge is 0.0593 e. The number of hydrogen-bond acceptors (Lipinski definition) is 3. The Morgan fingerprint density at radius 3 is 2.44 bits per heavy atom. The molecule has 1 aliphatic heterocycles. The molecule has 3 atom stereocenters. The molecule has 0 aromatic heterocycles. The number of hydrogen-bond donors (Lipinski definition) is 2. The highest BCUT2D eigenvalue weighted by Gasteiger charge is 2.46. The number of benzene rings is 1. The Labute approximate surface area is 117 Å². The van der Waals surface area contributed by atoms with Gasteiger partial charge in [0.05, 0.1) is 6.61 Å². The SMILES string of the molecule is CCCN1C(CN)C(c2ccc(Br)cc2)C1CO. The molecule has 18 heavy (non-hydrogen) atoms. The summed E-state index contributed by atoms with van der Waals surface area (Å²) in [5, 5.41) is 9.59. The van der Waals surface area contributed by atoms with Crippen LogP contribution in [0.2, 0.25) is 0 Å². The van der Waals surface area contributed by atoms with E-state index in [0.29, 0.717) is 18.5 Å². The van der Waals surface area contributed by atoms with E-state index in [4.69, 9.17) is 5.73 Å². The van der Waals surface area contributed by atoms with Crippen molar-refractivity contribution in [1.29, 1.82) is 0 Å². The summed E-state index contributed by atoms with van der Waals surface area (Å²) in [6.07, 6.45) is 1.10. The molecular formula is C14H21BrN2O. The van der Waals surface area contributed by atoms with Crippen molar-refractivity contribution in [2.24, 2.45) is 5.73 Å². The highest BCUT2D eigenvalue weighted by atomic mass is 79.9. The van der Waals surface area contributed by atoms with E-state index in [1.54, 1.807) is 0 Å². The highest BCUT2D eigenvalue weighted by Crippen LogP contribution is 2.40. The van der Waals surface area contributed by atoms with Crippen LogP contribution in [-0.4, -0.2) is 41.8 Å². The van der Waals surface area contributed by atoms with Crippen LogP contribution in [0, 0.1) is 0 Å². The molecule has 0 aliphatic carbocycles. The molecule has 0 radical (unpaired) electrons. The third kappa shape index (κ3) is 2.48. The zero-order chi connectivity index (χ0) is 13.1. The monoisotopic (exact) mass is 312 g/mol. The fourth-order valence-electron chi connectivity index (χ4n) is 3.03. The van der Waals surface area contributed by atoms with E-state index >= 15 is 0 Å². The molecule has 1 heterocycles. The molecule has 1 aromatic rings. The van der Waals surface area contributed by atoms with Gasteiger partial charge in [-0.3, -0.25) is 4.90 Å². The van der Waals surface area contributed by atoms with Gasteiger partial charge in [-0.15, -0.1) is 0 Å². The average Bonchev–Trinajstić information content (AvgIpc) is 2.37. The second kappa shape index (κ2) is 6.15. The van der Waals surface area contributed by atoms with E-state index in [1.807, 2.05) is 0 Å². The van der Waals surface area contributed by atoms with Crippen molar-refractivity contribution in [1.82, 2.24) is 4.90 Å². The van der Waals surface area contributed by atoms with Gasteiger partial charge in [0.1, 0.15) is 0 Å². The van der Waals surface area contributed by atoms with Crippen molar-refractivity contribution in [2.75, 3.05) is 19.7 Å². The predicted molar refractivity (Wildman–Crippen MR) is 77.6 cm³/mol. The van der Waals surface area contributed by atoms with Crippen LogP contribution in [-0.2, 0) is 0 Å². The molecule has 4 heteroatoms. The van der Waals surface area contributed by atoms with Crippen molar-refractivity contribution in [3.8, 4) is 0 Å². The summed E-state index contributed by atoms with van der Waals surface area (Å²) < 4.78 is 1.08. The third-order valence-electron chi connectivity index (χ3n) is 3.85. The number of nitrogens with zero attached hydrogens (tertiary/aromatic N) is 1. The zero-order valence-electron chi connectivity index (χ0n) is 10.7. The average molecular weight is 313 g/mol. The van der Waals surface area contributed by atoms with E-state index in [-0.39, 0.29) is 12.6 Å². The normalized spacial score (nSPS) is 28.1. The second-order valence-corrected chi connectivity index (χ2v) is 5.78. The number of rotatable bonds is 5. The Balaban J connectivity index is 2.18. The number of aliphatic hydroxyl groups excluding tert-OH is 1. The number of nitrogens with two attached hydrogens (primary N) is 1. The van der Waals surface area contributed by atoms with Gasteiger partial charge in [-0.2, -0.15) is 0 Å². The van der Waals surface area contributed by atoms with Crippen LogP contribution in [0.25, 0.3) is 0 Å². The second-order valence-electron chi connectivity index (χ2n) is 4.87. The van der Waals surface area contributed by atoms with Gasteiger partial charge in [0.25, 0.3) is 0 Å². The lowest BCUT2D eigenvalue weighted by molar-refractivity contribution is -0.0384. The molecule has 1 aromatic carbocycles. The molecule has 2 rings (SSSR count). The van der Waals surface area contributed by atoms with Crippen LogP contribution in [0.4, 0.5) is 0 Å². The molecule has 0 bridgehead atoms. The van der Waals surface area contributed by atoms with Crippen LogP contribution in [0.3, 0.4) is 0 Å². The molecular weight excluding hydrogens is 292 g/mol. The minimum atomic E-state index is 0.206. The summed E-state index contributed by atoms with van der Waals surface area (Å²) in [6.45, 7) is 4.03. The van der Waals surface area contributed by atoms with Crippen molar-refractivity contribution < 1.29 is 5.11 Å². The molecule has 3 nitrogen and oxygen atoms in total. The maximum atomic E-state index is 9.59. The standard InChI is InChI=1S/C14H21BrN2O/c1-2-7-17-12(8-16)14(13(17)9-18)10-3-5-11(15)6-4-10/h3-6,12-14,18H,2,7-9,16H2,1H3. The van der Waals surface area contributed by atoms with Gasteiger partial charge in [0.2, 0.25) is 0 Å². The summed E-state index contributed by atoms with van der Waals surface area (Å²) >= 11 is 3.45. The fourth-order valence-corrected chi connectivity index (χ4v) is 3.30. The van der Waals surface area contributed by atoms with Gasteiger partial charge in [-0.1, -0.05) is 35.0 Å². The lowest BCUT2D eigenvalue weighted by atomic mass is 9.75. The Morgan fingerprint density at radius 1 is 1.28 bits per heavy atom. The molecule has 3 N–H and O–H groups in total. The minimum Gasteiger partial charge on any atom is -0.395 e. The van der Waals surface area contributed by atoms with Gasteiger partial charge >= 0.3 is 0 Å². The first-order chi connectivity index (χ1) is 8.72. The van der Waals surface area contributed by atoms with E-state index < -0.39 is 0 Å². The molecule has 0 amide bonds. The van der Waals surface area contributed by atoms with Gasteiger partial charge in [-0.25, -0.2) is 0 Å². The van der Waals surface area contributed by atoms with Crippen LogP contribution in [0.5, 0.6) is 0 Å². The van der Waals surface area contributed by atoms with Crippen molar-refractivity contribution in [2.45, 2.75) is 31.3 Å². The fraction of sp³-hybridized carbons (Fsp3) is 0.571. The summed E-state index contributed by atoms with van der Waals surface area (Å²) in [6, 6.07) is 8.95. The molecule has 0 spiro atoms. The Hall–Kier alpha value is -0.420. The zero-order valence-corrected chi connectivity index (χ0v) is 12.3. The maximum Gasteiger partial charge on any atom is 0.0593 e. The van der Waals surface area contributed by atoms with Gasteiger partial charge < -0.3 is 10.8 Å². The summed E-state index contributed by atoms with van der Waals surface area (Å²) in [5.41, 5.74) is 7.17. The van der Waals surface area contributed by atoms with Crippen molar-refractivity contribution >= 4 is 15.9 Å². The first-order valence-corrected chi connectivity index (χ1v) is 7.34. The van der Waals surface area contributed by atoms with Gasteiger partial charge in [-0.05, 0) is 30.7 Å². The van der Waals surface area contributed by atoms with E-state index in [0.717, 1.165) is 17.4 Å². The third-order valence-corrected chi connectivity index (χ3v) is 4.37. The number of aliphatic hydroxyl groups is 1. The van der Waals surface area contributed by atoms with Crippen molar-refractivity contribution in [3.63, 3.8) is 0 Å². The lowest BCUT2D eigenvalue weighted by Crippen LogP contribution is -2.66. The molecule has 0 saturated carbocycles. The van der Waals surface area contributed by atoms with Gasteiger partial charge in [0.15, 0.2) is 0 Å². The molecule has 3 unspecified atom stereocenters. The Bertz CT molecular complexity index is 370. The summed E-state index contributed by atoms with van der Waals surface area (Å²) in [4.78, 5) is 2.34. The van der Waals surface area contributed by atoms with E-state index in [2.05, 4.69) is 52.0 Å². The largest absolute Gasteiger partial charge is 0.395 e. The number of halogens is 1. The highest BCUT2D eigenvalue weighted by molar-refractivity contribution is 9.10. The van der Waals surface area contributed by atoms with Crippen LogP contribution in [0.1, 0.15) is 24.8 Å². The van der Waals surface area contributed by atoms with E-state index in [9.17, 15) is 5.11 Å². The molecule has 1 aliphatic rings. The summed E-state index contributed by atoms with van der Waals surface area (Å²) in [5.74, 6) is 0.361. The van der Waals surface area contributed by atoms with E-state index in [1.165, 1.54) is 5.56 Å². The van der Waals surface area contributed by atoms with Crippen LogP contribution < -0.4 is 5.73 Å². The topological polar surface area (TPSA) is 49.5 Å². The minimum absolute atomic E-state index is 0.206. The quantitative estimate of drug-likeness (QED) is 0.873. The molecule has 100 valence electrons. The van der Waals surface area contributed by atoms with Gasteiger partial charge in [0, 0.05) is 29.0 Å². The van der Waals surface area contributed by atoms with Crippen LogP contribution in [0.15, 0.2) is 28.7 Å². The predicted octanol–water partition coefficient (Wildman–Crippen LogP) is 1.95. The summed E-state index contributed by atoms with van der Waals surface area (Å²) in [7, 11) is 0. The maximum absolute atomic E-state index is 9.59. The molecule has 1 fully saturated rings. The lowest BCUT2D eigenvalue weighted by Gasteiger charge is -2.55. The van der Waals surface area contributed by atoms with Crippen molar-refractivity contribution in [3.05, 3.63) is 34.3 Å². The first-order valence-electron chi connectivity index (χ1n) is 6.55. The Morgan fingerprint density at radius 2 is 1.94 bits per heavy atom. The first kappa shape index (κ1) is 14.0. The Kier molecular flexibility index (Phi) is 4.78.